The third-order valence-corrected chi connectivity index (χ3v) is 3.31. The van der Waals surface area contributed by atoms with Gasteiger partial charge in [-0.3, -0.25) is 9.69 Å². The second-order valence-electron chi connectivity index (χ2n) is 5.46. The smallest absolute Gasteiger partial charge is 0.239 e. The lowest BCUT2D eigenvalue weighted by Gasteiger charge is -2.14. The Hall–Kier alpha value is -2.73. The topological polar surface area (TPSA) is 71.3 Å². The van der Waals surface area contributed by atoms with Crippen LogP contribution in [0.25, 0.3) is 11.1 Å². The van der Waals surface area contributed by atoms with Gasteiger partial charge in [0.1, 0.15) is 11.3 Å². The maximum absolute atomic E-state index is 12.1. The zero-order valence-corrected chi connectivity index (χ0v) is 13.1. The molecule has 0 fully saturated rings. The van der Waals surface area contributed by atoms with Crippen LogP contribution in [0.15, 0.2) is 46.9 Å². The Bertz CT molecular complexity index is 795. The van der Waals surface area contributed by atoms with E-state index in [4.69, 9.17) is 4.42 Å². The van der Waals surface area contributed by atoms with Crippen LogP contribution in [0.4, 0.5) is 5.82 Å². The van der Waals surface area contributed by atoms with Crippen LogP contribution in [0.2, 0.25) is 0 Å². The molecule has 1 N–H and O–H groups in total. The first-order chi connectivity index (χ1) is 11.1. The monoisotopic (exact) mass is 310 g/mol. The number of aryl methyl sites for hydroxylation is 1. The number of carbonyl (C=O) groups is 1. The number of para-hydroxylation sites is 2. The van der Waals surface area contributed by atoms with Crippen molar-refractivity contribution in [1.82, 2.24) is 14.9 Å². The Morgan fingerprint density at radius 2 is 2.00 bits per heavy atom. The van der Waals surface area contributed by atoms with E-state index in [1.807, 2.05) is 55.3 Å². The number of nitrogens with zero attached hydrogens (tertiary/aromatic N) is 3. The number of fused-ring (bicyclic) bond motifs is 1. The van der Waals surface area contributed by atoms with E-state index >= 15 is 0 Å². The van der Waals surface area contributed by atoms with Gasteiger partial charge in [0.2, 0.25) is 11.8 Å². The molecule has 1 amide bonds. The molecule has 0 radical (unpaired) electrons. The summed E-state index contributed by atoms with van der Waals surface area (Å²) in [5.41, 5.74) is 2.44. The van der Waals surface area contributed by atoms with Gasteiger partial charge in [-0.15, -0.1) is 0 Å². The average Bonchev–Trinajstić information content (AvgIpc) is 2.88. The lowest BCUT2D eigenvalue weighted by molar-refractivity contribution is -0.117. The second-order valence-corrected chi connectivity index (χ2v) is 5.46. The molecule has 0 aliphatic carbocycles. The summed E-state index contributed by atoms with van der Waals surface area (Å²) >= 11 is 0. The van der Waals surface area contributed by atoms with Gasteiger partial charge >= 0.3 is 0 Å². The summed E-state index contributed by atoms with van der Waals surface area (Å²) in [5, 5.41) is 2.78. The molecule has 0 saturated heterocycles. The fourth-order valence-electron chi connectivity index (χ4n) is 2.31. The highest BCUT2D eigenvalue weighted by atomic mass is 16.3. The summed E-state index contributed by atoms with van der Waals surface area (Å²) in [5.74, 6) is 1.03. The molecule has 2 heterocycles. The number of hydrogen-bond acceptors (Lipinski definition) is 5. The maximum atomic E-state index is 12.1. The predicted molar refractivity (Wildman–Crippen MR) is 87.9 cm³/mol. The van der Waals surface area contributed by atoms with E-state index in [1.165, 1.54) is 0 Å². The number of likely N-dealkylation sites (N-methyl/N-ethyl adjacent to an activating group) is 1. The number of anilines is 1. The summed E-state index contributed by atoms with van der Waals surface area (Å²) in [6.45, 7) is 2.58. The van der Waals surface area contributed by atoms with Crippen molar-refractivity contribution in [3.05, 3.63) is 54.0 Å². The molecule has 1 aromatic carbocycles. The number of aromatic nitrogens is 2. The van der Waals surface area contributed by atoms with E-state index in [-0.39, 0.29) is 12.5 Å². The third-order valence-electron chi connectivity index (χ3n) is 3.31. The number of nitrogens with one attached hydrogen (secondary N) is 1. The summed E-state index contributed by atoms with van der Waals surface area (Å²) in [6.07, 6.45) is 0. The number of pyridine rings is 1. The lowest BCUT2D eigenvalue weighted by atomic mass is 10.3. The lowest BCUT2D eigenvalue weighted by Crippen LogP contribution is -2.30. The minimum absolute atomic E-state index is 0.123. The van der Waals surface area contributed by atoms with Crippen LogP contribution >= 0.6 is 0 Å². The van der Waals surface area contributed by atoms with Crippen LogP contribution < -0.4 is 5.32 Å². The van der Waals surface area contributed by atoms with Gasteiger partial charge in [-0.1, -0.05) is 18.2 Å². The summed E-state index contributed by atoms with van der Waals surface area (Å²) in [4.78, 5) is 22.6. The van der Waals surface area contributed by atoms with Gasteiger partial charge in [0, 0.05) is 5.69 Å². The van der Waals surface area contributed by atoms with E-state index < -0.39 is 0 Å². The number of amides is 1. The van der Waals surface area contributed by atoms with Crippen LogP contribution in [0.1, 0.15) is 11.6 Å². The highest BCUT2D eigenvalue weighted by molar-refractivity contribution is 5.91. The molecule has 2 aromatic heterocycles. The SMILES string of the molecule is Cc1cccc(NC(=O)CN(C)Cc2nc3ccccc3o2)n1. The number of oxazole rings is 1. The van der Waals surface area contributed by atoms with Crippen molar-refractivity contribution in [3.63, 3.8) is 0 Å². The molecule has 118 valence electrons. The van der Waals surface area contributed by atoms with Crippen molar-refractivity contribution < 1.29 is 9.21 Å². The van der Waals surface area contributed by atoms with Crippen molar-refractivity contribution >= 4 is 22.8 Å². The minimum atomic E-state index is -0.123. The largest absolute Gasteiger partial charge is 0.439 e. The molecule has 3 rings (SSSR count). The zero-order chi connectivity index (χ0) is 16.2. The normalized spacial score (nSPS) is 11.1. The van der Waals surface area contributed by atoms with Crippen LogP contribution in [-0.2, 0) is 11.3 Å². The molecule has 0 atom stereocenters. The predicted octanol–water partition coefficient (Wildman–Crippen LogP) is 2.60. The van der Waals surface area contributed by atoms with Gasteiger partial charge in [-0.2, -0.15) is 0 Å². The van der Waals surface area contributed by atoms with E-state index in [2.05, 4.69) is 15.3 Å². The summed E-state index contributed by atoms with van der Waals surface area (Å²) < 4.78 is 5.66. The van der Waals surface area contributed by atoms with Gasteiger partial charge in [0.15, 0.2) is 5.58 Å². The number of carbonyl (C=O) groups excluding carboxylic acids is 1. The van der Waals surface area contributed by atoms with E-state index in [9.17, 15) is 4.79 Å². The molecule has 0 bridgehead atoms. The molecule has 6 heteroatoms. The fraction of sp³-hybridized carbons (Fsp3) is 0.235. The fourth-order valence-corrected chi connectivity index (χ4v) is 2.31. The number of benzene rings is 1. The Labute approximate surface area is 134 Å². The first-order valence-electron chi connectivity index (χ1n) is 7.36. The van der Waals surface area contributed by atoms with Crippen molar-refractivity contribution in [2.45, 2.75) is 13.5 Å². The molecular formula is C17H18N4O2. The Morgan fingerprint density at radius 3 is 2.78 bits per heavy atom. The molecule has 6 nitrogen and oxygen atoms in total. The van der Waals surface area contributed by atoms with Gasteiger partial charge in [0.05, 0.1) is 13.1 Å². The number of hydrogen-bond donors (Lipinski definition) is 1. The van der Waals surface area contributed by atoms with E-state index in [0.29, 0.717) is 18.3 Å². The highest BCUT2D eigenvalue weighted by Gasteiger charge is 2.12. The molecule has 0 saturated carbocycles. The van der Waals surface area contributed by atoms with E-state index in [1.54, 1.807) is 6.07 Å². The van der Waals surface area contributed by atoms with Gasteiger partial charge in [-0.25, -0.2) is 9.97 Å². The summed E-state index contributed by atoms with van der Waals surface area (Å²) in [7, 11) is 1.85. The molecule has 23 heavy (non-hydrogen) atoms. The van der Waals surface area contributed by atoms with E-state index in [0.717, 1.165) is 16.8 Å². The summed E-state index contributed by atoms with van der Waals surface area (Å²) in [6, 6.07) is 13.1. The van der Waals surface area contributed by atoms with Gasteiger partial charge in [-0.05, 0) is 38.2 Å². The molecule has 3 aromatic rings. The minimum Gasteiger partial charge on any atom is -0.439 e. The zero-order valence-electron chi connectivity index (χ0n) is 13.1. The number of rotatable bonds is 5. The molecule has 0 spiro atoms. The first kappa shape index (κ1) is 15.2. The Kier molecular flexibility index (Phi) is 4.34. The molecular weight excluding hydrogens is 292 g/mol. The first-order valence-corrected chi connectivity index (χ1v) is 7.36. The molecule has 0 unspecified atom stereocenters. The van der Waals surface area contributed by atoms with Crippen LogP contribution in [0.3, 0.4) is 0 Å². The standard InChI is InChI=1S/C17H18N4O2/c1-12-6-5-9-15(18-12)20-16(22)10-21(2)11-17-19-13-7-3-4-8-14(13)23-17/h3-9H,10-11H2,1-2H3,(H,18,20,22). The van der Waals surface area contributed by atoms with Crippen molar-refractivity contribution in [1.29, 1.82) is 0 Å². The van der Waals surface area contributed by atoms with Crippen molar-refractivity contribution in [2.75, 3.05) is 18.9 Å². The molecule has 0 aliphatic heterocycles. The van der Waals surface area contributed by atoms with Crippen molar-refractivity contribution in [3.8, 4) is 0 Å². The van der Waals surface area contributed by atoms with Crippen LogP contribution in [-0.4, -0.2) is 34.4 Å². The Balaban J connectivity index is 1.58. The van der Waals surface area contributed by atoms with Crippen molar-refractivity contribution in [2.24, 2.45) is 0 Å². The average molecular weight is 310 g/mol. The van der Waals surface area contributed by atoms with Gasteiger partial charge in [0.25, 0.3) is 0 Å². The second kappa shape index (κ2) is 6.58. The Morgan fingerprint density at radius 1 is 1.17 bits per heavy atom. The quantitative estimate of drug-likeness (QED) is 0.784. The van der Waals surface area contributed by atoms with Crippen LogP contribution in [0, 0.1) is 6.92 Å². The van der Waals surface area contributed by atoms with Crippen LogP contribution in [0.5, 0.6) is 0 Å². The third kappa shape index (κ3) is 3.92. The van der Waals surface area contributed by atoms with Gasteiger partial charge < -0.3 is 9.73 Å². The molecule has 0 aliphatic rings. The highest BCUT2D eigenvalue weighted by Crippen LogP contribution is 2.15. The maximum Gasteiger partial charge on any atom is 0.239 e.